The Morgan fingerprint density at radius 3 is 1.39 bits per heavy atom. The van der Waals surface area contributed by atoms with Gasteiger partial charge in [0, 0.05) is 12.2 Å². The molecule has 18 heavy (non-hydrogen) atoms. The molecule has 0 aromatic heterocycles. The Kier molecular flexibility index (Phi) is 3.84. The van der Waals surface area contributed by atoms with Gasteiger partial charge in [0.2, 0.25) is 0 Å². The molecule has 5 heteroatoms. The van der Waals surface area contributed by atoms with Gasteiger partial charge in [0.05, 0.1) is 0 Å². The van der Waals surface area contributed by atoms with Gasteiger partial charge < -0.3 is 9.47 Å². The number of hydrogen-bond donors (Lipinski definition) is 0. The van der Waals surface area contributed by atoms with Crippen LogP contribution in [-0.4, -0.2) is 5.24 Å². The molecule has 0 aliphatic rings. The van der Waals surface area contributed by atoms with E-state index in [1.165, 1.54) is 48.5 Å². The molecule has 0 aliphatic carbocycles. The fourth-order valence-electron chi connectivity index (χ4n) is 1.22. The molecule has 2 rings (SSSR count). The van der Waals surface area contributed by atoms with Crippen molar-refractivity contribution in [1.82, 2.24) is 0 Å². The van der Waals surface area contributed by atoms with Gasteiger partial charge in [0.1, 0.15) is 23.1 Å². The first-order chi connectivity index (χ1) is 8.63. The monoisotopic (exact) mass is 266 g/mol. The van der Waals surface area contributed by atoms with Crippen molar-refractivity contribution in [1.29, 1.82) is 0 Å². The molecule has 0 radical (unpaired) electrons. The normalized spacial score (nSPS) is 9.89. The lowest BCUT2D eigenvalue weighted by Gasteiger charge is -2.07. The second kappa shape index (κ2) is 5.55. The molecule has 0 unspecified atom stereocenters. The second-order valence-corrected chi connectivity index (χ2v) is 3.70. The van der Waals surface area contributed by atoms with E-state index in [-0.39, 0.29) is 16.9 Å². The van der Waals surface area contributed by atoms with Crippen molar-refractivity contribution in [2.75, 3.05) is 0 Å². The molecule has 0 heterocycles. The first kappa shape index (κ1) is 12.4. The summed E-state index contributed by atoms with van der Waals surface area (Å²) in [4.78, 5) is 0. The topological polar surface area (TPSA) is 18.5 Å². The molecule has 2 aromatic carbocycles. The maximum Gasteiger partial charge on any atom is 0.363 e. The third kappa shape index (κ3) is 3.49. The molecule has 92 valence electrons. The van der Waals surface area contributed by atoms with Crippen LogP contribution in [0.1, 0.15) is 0 Å². The maximum absolute atomic E-state index is 12.7. The zero-order valence-electron chi connectivity index (χ0n) is 9.10. The minimum Gasteiger partial charge on any atom is -0.417 e. The highest BCUT2D eigenvalue weighted by molar-refractivity contribution is 7.79. The van der Waals surface area contributed by atoms with Gasteiger partial charge in [0.15, 0.2) is 0 Å². The Bertz CT molecular complexity index is 488. The molecule has 2 nitrogen and oxygen atoms in total. The lowest BCUT2D eigenvalue weighted by atomic mass is 10.3. The van der Waals surface area contributed by atoms with Gasteiger partial charge in [-0.05, 0) is 48.5 Å². The number of hydrogen-bond acceptors (Lipinski definition) is 3. The van der Waals surface area contributed by atoms with Gasteiger partial charge in [-0.2, -0.15) is 0 Å². The zero-order chi connectivity index (χ0) is 13.0. The van der Waals surface area contributed by atoms with Gasteiger partial charge >= 0.3 is 5.24 Å². The van der Waals surface area contributed by atoms with Crippen molar-refractivity contribution < 1.29 is 18.3 Å². The van der Waals surface area contributed by atoms with E-state index in [0.717, 1.165) is 0 Å². The Morgan fingerprint density at radius 1 is 0.722 bits per heavy atom. The molecule has 0 aliphatic heterocycles. The van der Waals surface area contributed by atoms with E-state index in [9.17, 15) is 8.78 Å². The lowest BCUT2D eigenvalue weighted by Crippen LogP contribution is -2.13. The Morgan fingerprint density at radius 2 is 1.06 bits per heavy atom. The molecule has 0 fully saturated rings. The highest BCUT2D eigenvalue weighted by Gasteiger charge is 2.04. The summed E-state index contributed by atoms with van der Waals surface area (Å²) >= 11 is 4.85. The molecule has 0 atom stereocenters. The van der Waals surface area contributed by atoms with Crippen LogP contribution in [0.4, 0.5) is 8.78 Å². The summed E-state index contributed by atoms with van der Waals surface area (Å²) in [6, 6.07) is 10.7. The predicted octanol–water partition coefficient (Wildman–Crippen LogP) is 3.71. The van der Waals surface area contributed by atoms with Crippen molar-refractivity contribution in [2.45, 2.75) is 0 Å². The first-order valence-corrected chi connectivity index (χ1v) is 5.45. The van der Waals surface area contributed by atoms with Crippen LogP contribution >= 0.6 is 12.2 Å². The number of thiocarbonyl (C=S) groups is 1. The van der Waals surface area contributed by atoms with E-state index >= 15 is 0 Å². The molecular formula is C13H8F2O2S. The minimum atomic E-state index is -0.368. The van der Waals surface area contributed by atoms with Gasteiger partial charge in [-0.15, -0.1) is 0 Å². The Balaban J connectivity index is 1.96. The van der Waals surface area contributed by atoms with Gasteiger partial charge in [-0.3, -0.25) is 0 Å². The van der Waals surface area contributed by atoms with Crippen molar-refractivity contribution >= 4 is 17.5 Å². The number of halogens is 2. The van der Waals surface area contributed by atoms with Crippen LogP contribution in [0.5, 0.6) is 11.5 Å². The van der Waals surface area contributed by atoms with E-state index in [4.69, 9.17) is 21.7 Å². The highest BCUT2D eigenvalue weighted by atomic mass is 32.1. The lowest BCUT2D eigenvalue weighted by molar-refractivity contribution is 0.402. The molecule has 0 saturated carbocycles. The molecule has 0 N–H and O–H groups in total. The molecule has 0 amide bonds. The van der Waals surface area contributed by atoms with Crippen LogP contribution in [0.15, 0.2) is 48.5 Å². The van der Waals surface area contributed by atoms with Gasteiger partial charge in [-0.25, -0.2) is 8.78 Å². The molecule has 2 aromatic rings. The molecular weight excluding hydrogens is 258 g/mol. The SMILES string of the molecule is Fc1ccc(OC(=S)Oc2ccc(F)cc2)cc1. The van der Waals surface area contributed by atoms with Crippen LogP contribution in [0.3, 0.4) is 0 Å². The van der Waals surface area contributed by atoms with E-state index in [0.29, 0.717) is 11.5 Å². The second-order valence-electron chi connectivity index (χ2n) is 3.36. The molecule has 0 spiro atoms. The quantitative estimate of drug-likeness (QED) is 0.772. The van der Waals surface area contributed by atoms with E-state index in [2.05, 4.69) is 0 Å². The average Bonchev–Trinajstić information content (AvgIpc) is 2.35. The largest absolute Gasteiger partial charge is 0.417 e. The summed E-state index contributed by atoms with van der Waals surface area (Å²) in [6.07, 6.45) is 0. The van der Waals surface area contributed by atoms with Crippen LogP contribution in [0, 0.1) is 11.6 Å². The number of rotatable bonds is 2. The fraction of sp³-hybridized carbons (Fsp3) is 0. The Hall–Kier alpha value is -2.01. The maximum atomic E-state index is 12.7. The van der Waals surface area contributed by atoms with E-state index in [1.54, 1.807) is 0 Å². The summed E-state index contributed by atoms with van der Waals surface area (Å²) in [7, 11) is 0. The van der Waals surface area contributed by atoms with Crippen molar-refractivity contribution in [3.63, 3.8) is 0 Å². The average molecular weight is 266 g/mol. The summed E-state index contributed by atoms with van der Waals surface area (Å²) in [5.74, 6) is -0.00698. The number of benzene rings is 2. The summed E-state index contributed by atoms with van der Waals surface area (Å²) in [5.41, 5.74) is 0. The highest BCUT2D eigenvalue weighted by Crippen LogP contribution is 2.15. The van der Waals surface area contributed by atoms with Crippen molar-refractivity contribution in [2.24, 2.45) is 0 Å². The first-order valence-electron chi connectivity index (χ1n) is 5.04. The third-order valence-electron chi connectivity index (χ3n) is 2.03. The van der Waals surface area contributed by atoms with Crippen LogP contribution in [-0.2, 0) is 0 Å². The van der Waals surface area contributed by atoms with Crippen molar-refractivity contribution in [3.8, 4) is 11.5 Å². The zero-order valence-corrected chi connectivity index (χ0v) is 9.92. The fourth-order valence-corrected chi connectivity index (χ4v) is 1.41. The third-order valence-corrected chi connectivity index (χ3v) is 2.20. The van der Waals surface area contributed by atoms with E-state index < -0.39 is 0 Å². The summed E-state index contributed by atoms with van der Waals surface area (Å²) in [6.45, 7) is 0. The van der Waals surface area contributed by atoms with Gasteiger partial charge in [0.25, 0.3) is 0 Å². The smallest absolute Gasteiger partial charge is 0.363 e. The summed E-state index contributed by atoms with van der Waals surface area (Å²) in [5, 5.41) is -0.145. The van der Waals surface area contributed by atoms with Crippen LogP contribution in [0.2, 0.25) is 0 Å². The summed E-state index contributed by atoms with van der Waals surface area (Å²) < 4.78 is 35.6. The van der Waals surface area contributed by atoms with Crippen LogP contribution < -0.4 is 9.47 Å². The Labute approximate surface area is 108 Å². The van der Waals surface area contributed by atoms with Crippen LogP contribution in [0.25, 0.3) is 0 Å². The standard InChI is InChI=1S/C13H8F2O2S/c14-9-1-5-11(6-2-9)16-13(18)17-12-7-3-10(15)4-8-12/h1-8H. The number of ether oxygens (including phenoxy) is 2. The van der Waals surface area contributed by atoms with E-state index in [1.807, 2.05) is 0 Å². The van der Waals surface area contributed by atoms with Crippen molar-refractivity contribution in [3.05, 3.63) is 60.2 Å². The molecule has 0 bridgehead atoms. The molecule has 0 saturated heterocycles. The minimum absolute atomic E-state index is 0.145. The predicted molar refractivity (Wildman–Crippen MR) is 66.7 cm³/mol. The van der Waals surface area contributed by atoms with Gasteiger partial charge in [-0.1, -0.05) is 0 Å².